The Labute approximate surface area is 222 Å². The van der Waals surface area contributed by atoms with Gasteiger partial charge in [-0.25, -0.2) is 27.2 Å². The van der Waals surface area contributed by atoms with Crippen LogP contribution in [0.5, 0.6) is 11.8 Å². The van der Waals surface area contributed by atoms with Crippen LogP contribution in [0.2, 0.25) is 5.02 Å². The van der Waals surface area contributed by atoms with Crippen molar-refractivity contribution < 1.29 is 31.4 Å². The number of hydrogen-bond acceptors (Lipinski definition) is 11. The first kappa shape index (κ1) is 27.8. The Bertz CT molecular complexity index is 1370. The van der Waals surface area contributed by atoms with E-state index in [4.69, 9.17) is 25.8 Å². The summed E-state index contributed by atoms with van der Waals surface area (Å²) >= 11 is 5.84. The summed E-state index contributed by atoms with van der Waals surface area (Å²) < 4.78 is 76.1. The van der Waals surface area contributed by atoms with Crippen LogP contribution in [0.1, 0.15) is 49.9 Å². The molecule has 0 radical (unpaired) electrons. The molecule has 1 aliphatic rings. The summed E-state index contributed by atoms with van der Waals surface area (Å²) in [6.45, 7) is 1.37. The van der Waals surface area contributed by atoms with Crippen LogP contribution < -0.4 is 14.2 Å². The molecule has 38 heavy (non-hydrogen) atoms. The summed E-state index contributed by atoms with van der Waals surface area (Å²) in [7, 11) is -0.400. The Morgan fingerprint density at radius 1 is 1.11 bits per heavy atom. The molecule has 17 heteroatoms. The van der Waals surface area contributed by atoms with Gasteiger partial charge in [0.05, 0.1) is 25.2 Å². The Balaban J connectivity index is 1.82. The summed E-state index contributed by atoms with van der Waals surface area (Å²) in [6.07, 6.45) is 2.66. The van der Waals surface area contributed by atoms with Crippen molar-refractivity contribution in [2.75, 3.05) is 26.1 Å². The van der Waals surface area contributed by atoms with Gasteiger partial charge in [-0.05, 0) is 19.8 Å². The smallest absolute Gasteiger partial charge is 0.257 e. The molecule has 3 atom stereocenters. The van der Waals surface area contributed by atoms with Crippen molar-refractivity contribution in [3.63, 3.8) is 0 Å². The molecule has 1 N–H and O–H groups in total. The van der Waals surface area contributed by atoms with E-state index in [1.165, 1.54) is 40.6 Å². The van der Waals surface area contributed by atoms with Gasteiger partial charge in [0.15, 0.2) is 11.5 Å². The average molecular weight is 575 g/mol. The molecule has 1 saturated carbocycles. The Morgan fingerprint density at radius 3 is 2.26 bits per heavy atom. The maximum absolute atomic E-state index is 14.8. The largest absolute Gasteiger partial charge is 0.479 e. The second-order valence-corrected chi connectivity index (χ2v) is 10.9. The van der Waals surface area contributed by atoms with Crippen LogP contribution >= 0.6 is 11.6 Å². The standard InChI is InChI=1S/C21H25ClF2N8O5S/c1-11(15(35-2)16-25-8-12(22)9-26-16)38(33,34)31-20-30-29-17(13-6-5-7-21(13,23)24)32(20)14-18(36-3)27-10-28-19(14)37-4/h8-11,13,15H,5-7H2,1-4H3,(H,30,31)/t11-,13?,15-/m0/s1. The number of alkyl halides is 2. The lowest BCUT2D eigenvalue weighted by Crippen LogP contribution is -2.33. The number of halogens is 3. The Morgan fingerprint density at radius 2 is 1.74 bits per heavy atom. The third kappa shape index (κ3) is 5.19. The summed E-state index contributed by atoms with van der Waals surface area (Å²) in [5.41, 5.74) is -0.0464. The van der Waals surface area contributed by atoms with Crippen molar-refractivity contribution >= 4 is 27.6 Å². The number of methoxy groups -OCH3 is 3. The predicted molar refractivity (Wildman–Crippen MR) is 130 cm³/mol. The molecule has 0 aliphatic heterocycles. The number of aromatic nitrogens is 7. The first-order valence-corrected chi connectivity index (χ1v) is 13.2. The molecule has 0 spiro atoms. The van der Waals surface area contributed by atoms with E-state index < -0.39 is 39.2 Å². The number of anilines is 1. The molecule has 1 fully saturated rings. The number of sulfonamides is 1. The number of nitrogens with one attached hydrogen (secondary N) is 1. The van der Waals surface area contributed by atoms with Crippen LogP contribution in [0.4, 0.5) is 14.7 Å². The average Bonchev–Trinajstić information content (AvgIpc) is 3.45. The number of rotatable bonds is 10. The fourth-order valence-corrected chi connectivity index (χ4v) is 5.48. The minimum Gasteiger partial charge on any atom is -0.479 e. The highest BCUT2D eigenvalue weighted by Crippen LogP contribution is 2.48. The summed E-state index contributed by atoms with van der Waals surface area (Å²) in [5.74, 6) is -5.12. The first-order chi connectivity index (χ1) is 18.0. The van der Waals surface area contributed by atoms with Crippen molar-refractivity contribution in [2.24, 2.45) is 0 Å². The second-order valence-electron chi connectivity index (χ2n) is 8.43. The molecule has 3 heterocycles. The first-order valence-electron chi connectivity index (χ1n) is 11.3. The lowest BCUT2D eigenvalue weighted by Gasteiger charge is -2.23. The molecule has 13 nitrogen and oxygen atoms in total. The summed E-state index contributed by atoms with van der Waals surface area (Å²) in [5, 5.41) is 6.88. The molecular weight excluding hydrogens is 550 g/mol. The monoisotopic (exact) mass is 574 g/mol. The molecule has 0 bridgehead atoms. The van der Waals surface area contributed by atoms with Gasteiger partial charge in [0.2, 0.25) is 27.7 Å². The summed E-state index contributed by atoms with van der Waals surface area (Å²) in [6, 6.07) is 0. The quantitative estimate of drug-likeness (QED) is 0.379. The third-order valence-corrected chi connectivity index (χ3v) is 8.06. The van der Waals surface area contributed by atoms with Gasteiger partial charge in [-0.2, -0.15) is 9.97 Å². The highest BCUT2D eigenvalue weighted by atomic mass is 35.5. The summed E-state index contributed by atoms with van der Waals surface area (Å²) in [4.78, 5) is 16.1. The predicted octanol–water partition coefficient (Wildman–Crippen LogP) is 2.94. The van der Waals surface area contributed by atoms with Crippen LogP contribution in [-0.2, 0) is 14.8 Å². The zero-order chi connectivity index (χ0) is 27.7. The minimum absolute atomic E-state index is 0.0464. The number of hydrogen-bond donors (Lipinski definition) is 1. The zero-order valence-electron chi connectivity index (χ0n) is 20.8. The van der Waals surface area contributed by atoms with Crippen LogP contribution in [0.15, 0.2) is 18.7 Å². The molecule has 206 valence electrons. The van der Waals surface area contributed by atoms with Gasteiger partial charge in [-0.1, -0.05) is 11.6 Å². The van der Waals surface area contributed by atoms with E-state index in [1.807, 2.05) is 0 Å². The third-order valence-electron chi connectivity index (χ3n) is 6.18. The van der Waals surface area contributed by atoms with E-state index in [-0.39, 0.29) is 53.4 Å². The SMILES string of the molecule is COc1ncnc(OC)c1-n1c(NS(=O)(=O)[C@@H](C)[C@H](OC)c2ncc(Cl)cn2)nnc1C1CCCC1(F)F. The highest BCUT2D eigenvalue weighted by Gasteiger charge is 2.48. The van der Waals surface area contributed by atoms with Gasteiger partial charge < -0.3 is 14.2 Å². The molecule has 3 aromatic rings. The van der Waals surface area contributed by atoms with Crippen molar-refractivity contribution in [3.8, 4) is 17.4 Å². The van der Waals surface area contributed by atoms with E-state index in [0.717, 1.165) is 10.9 Å². The fraction of sp³-hybridized carbons (Fsp3) is 0.524. The normalized spacial score (nSPS) is 18.7. The molecule has 3 aromatic heterocycles. The van der Waals surface area contributed by atoms with Gasteiger partial charge in [0.25, 0.3) is 5.92 Å². The maximum atomic E-state index is 14.8. The molecule has 1 aliphatic carbocycles. The highest BCUT2D eigenvalue weighted by molar-refractivity contribution is 7.93. The fourth-order valence-electron chi connectivity index (χ4n) is 4.25. The van der Waals surface area contributed by atoms with Crippen LogP contribution in [0.25, 0.3) is 5.69 Å². The maximum Gasteiger partial charge on any atom is 0.257 e. The van der Waals surface area contributed by atoms with Crippen LogP contribution in [0.3, 0.4) is 0 Å². The molecule has 4 rings (SSSR count). The molecular formula is C21H25ClF2N8O5S. The molecule has 0 aromatic carbocycles. The Kier molecular flexibility index (Phi) is 7.94. The van der Waals surface area contributed by atoms with Crippen molar-refractivity contribution in [1.29, 1.82) is 0 Å². The molecule has 0 saturated heterocycles. The van der Waals surface area contributed by atoms with Gasteiger partial charge >= 0.3 is 0 Å². The van der Waals surface area contributed by atoms with Gasteiger partial charge in [0, 0.05) is 25.9 Å². The number of nitrogens with zero attached hydrogens (tertiary/aromatic N) is 7. The lowest BCUT2D eigenvalue weighted by molar-refractivity contribution is -0.0117. The second kappa shape index (κ2) is 10.9. The van der Waals surface area contributed by atoms with Crippen molar-refractivity contribution in [2.45, 2.75) is 49.4 Å². The van der Waals surface area contributed by atoms with Gasteiger partial charge in [-0.15, -0.1) is 10.2 Å². The van der Waals surface area contributed by atoms with E-state index in [9.17, 15) is 17.2 Å². The van der Waals surface area contributed by atoms with Gasteiger partial charge in [0.1, 0.15) is 23.5 Å². The zero-order valence-corrected chi connectivity index (χ0v) is 22.4. The van der Waals surface area contributed by atoms with Crippen LogP contribution in [0, 0.1) is 0 Å². The lowest BCUT2D eigenvalue weighted by atomic mass is 10.0. The van der Waals surface area contributed by atoms with Gasteiger partial charge in [-0.3, -0.25) is 9.29 Å². The van der Waals surface area contributed by atoms with E-state index in [2.05, 4.69) is 34.9 Å². The van der Waals surface area contributed by atoms with Crippen molar-refractivity contribution in [1.82, 2.24) is 34.7 Å². The van der Waals surface area contributed by atoms with E-state index in [0.29, 0.717) is 0 Å². The van der Waals surface area contributed by atoms with Crippen molar-refractivity contribution in [3.05, 3.63) is 35.4 Å². The van der Waals surface area contributed by atoms with Crippen LogP contribution in [-0.4, -0.2) is 75.6 Å². The van der Waals surface area contributed by atoms with E-state index >= 15 is 0 Å². The topological polar surface area (TPSA) is 156 Å². The number of ether oxygens (including phenoxy) is 3. The molecule has 0 amide bonds. The Hall–Kier alpha value is -3.24. The minimum atomic E-state index is -4.31. The van der Waals surface area contributed by atoms with E-state index in [1.54, 1.807) is 0 Å². The molecule has 1 unspecified atom stereocenters.